The molecule has 36 valence electrons. The van der Waals surface area contributed by atoms with E-state index in [0.717, 1.165) is 19.4 Å². The average molecular weight is 932 g/mol. The molecule has 0 saturated heterocycles. The topological polar surface area (TPSA) is 0 Å². The molecule has 6 heavy (non-hydrogen) atoms. The second kappa shape index (κ2) is 40.5. The van der Waals surface area contributed by atoms with Crippen molar-refractivity contribution in [2.45, 2.75) is 0 Å². The van der Waals surface area contributed by atoms with Crippen LogP contribution in [0.2, 0.25) is 0 Å². The standard InChI is InChI=1S/CH.5W/h1H;;;;;/q-1;;;;;. The summed E-state index contributed by atoms with van der Waals surface area (Å²) >= 11 is 7.75. The van der Waals surface area contributed by atoms with E-state index in [1.54, 1.807) is 64.9 Å². The third-order valence-corrected chi connectivity index (χ3v) is 0. The first-order valence-electron chi connectivity index (χ1n) is 0.569. The van der Waals surface area contributed by atoms with Crippen LogP contribution in [0.5, 0.6) is 0 Å². The Hall–Kier alpha value is 3.31. The van der Waals surface area contributed by atoms with E-state index in [1.165, 1.54) is 0 Å². The van der Waals surface area contributed by atoms with Gasteiger partial charge < -0.3 is 0 Å². The summed E-state index contributed by atoms with van der Waals surface area (Å²) < 4.78 is 0. The molecule has 5 heteroatoms. The van der Waals surface area contributed by atoms with Gasteiger partial charge in [0, 0.05) is 0 Å². The van der Waals surface area contributed by atoms with Crippen molar-refractivity contribution in [3.05, 3.63) is 0 Å². The monoisotopic (exact) mass is 933 g/mol. The maximum atomic E-state index is 4.58. The fraction of sp³-hybridized carbons (Fsp3) is 0. The summed E-state index contributed by atoms with van der Waals surface area (Å²) in [5.74, 6) is 0. The van der Waals surface area contributed by atoms with Crippen molar-refractivity contribution < 1.29 is 84.2 Å². The molecule has 0 unspecified atom stereocenters. The van der Waals surface area contributed by atoms with Crippen LogP contribution in [0, 0.1) is 0 Å². The van der Waals surface area contributed by atoms with Crippen LogP contribution in [-0.2, 0) is 84.2 Å². The molecule has 0 heterocycles. The van der Waals surface area contributed by atoms with Gasteiger partial charge in [0.15, 0.2) is 0 Å². The molecule has 0 aromatic carbocycles. The van der Waals surface area contributed by atoms with Crippen LogP contribution < -0.4 is 0 Å². The van der Waals surface area contributed by atoms with Crippen LogP contribution in [0.4, 0.5) is 0 Å². The molecule has 0 N–H and O–H groups in total. The molecule has 0 fully saturated rings. The molecule has 0 aliphatic heterocycles. The van der Waals surface area contributed by atoms with Crippen molar-refractivity contribution in [2.24, 2.45) is 0 Å². The fourth-order valence-corrected chi connectivity index (χ4v) is 0. The van der Waals surface area contributed by atoms with E-state index >= 15 is 0 Å². The summed E-state index contributed by atoms with van der Waals surface area (Å²) in [7, 11) is 0. The van der Waals surface area contributed by atoms with Gasteiger partial charge in [-0.15, -0.1) is 0 Å². The SMILES string of the molecule is [CH-]=[W].[W]=[W].[W]=[W]. The number of hydrogen-bond donors (Lipinski definition) is 0. The molecule has 0 aliphatic carbocycles. The Labute approximate surface area is 87.1 Å². The van der Waals surface area contributed by atoms with E-state index in [0.29, 0.717) is 0 Å². The molecule has 0 bridgehead atoms. The molecule has 0 radical (unpaired) electrons. The molecule has 0 saturated carbocycles. The van der Waals surface area contributed by atoms with Gasteiger partial charge in [-0.1, -0.05) is 0 Å². The molecule has 0 aromatic heterocycles. The van der Waals surface area contributed by atoms with E-state index in [1.807, 2.05) is 0 Å². The van der Waals surface area contributed by atoms with E-state index in [9.17, 15) is 0 Å². The summed E-state index contributed by atoms with van der Waals surface area (Å²) in [6.07, 6.45) is 0. The summed E-state index contributed by atoms with van der Waals surface area (Å²) in [4.78, 5) is 4.58. The van der Waals surface area contributed by atoms with Gasteiger partial charge in [-0.2, -0.15) is 0 Å². The number of rotatable bonds is 0. The zero-order valence-corrected chi connectivity index (χ0v) is 17.3. The van der Waals surface area contributed by atoms with Crippen molar-refractivity contribution >= 4 is 4.90 Å². The molecule has 0 amide bonds. The predicted molar refractivity (Wildman–Crippen MR) is 6.06 cm³/mol. The molecular formula is CHW5-. The third kappa shape index (κ3) is 26.6. The van der Waals surface area contributed by atoms with Gasteiger partial charge in [0.05, 0.1) is 0 Å². The number of hydrogen-bond acceptors (Lipinski definition) is 0. The zero-order chi connectivity index (χ0) is 6.00. The Balaban J connectivity index is -0.0000000225. The average Bonchev–Trinajstić information content (AvgIpc) is 1.81. The summed E-state index contributed by atoms with van der Waals surface area (Å²) in [5, 5.41) is 0. The summed E-state index contributed by atoms with van der Waals surface area (Å²) in [6, 6.07) is 0. The minimum absolute atomic E-state index is 1.08. The Morgan fingerprint density at radius 3 is 0.667 bits per heavy atom. The minimum atomic E-state index is 1.08. The molecule has 0 atom stereocenters. The zero-order valence-electron chi connectivity index (χ0n) is 2.62. The van der Waals surface area contributed by atoms with Gasteiger partial charge in [-0.25, -0.2) is 0 Å². The summed E-state index contributed by atoms with van der Waals surface area (Å²) in [6.45, 7) is 0. The van der Waals surface area contributed by atoms with Crippen molar-refractivity contribution in [3.63, 3.8) is 0 Å². The first-order chi connectivity index (χ1) is 3.00. The maximum absolute atomic E-state index is 4.58. The third-order valence-electron chi connectivity index (χ3n) is 0. The van der Waals surface area contributed by atoms with Crippen LogP contribution in [0.1, 0.15) is 0 Å². The Morgan fingerprint density at radius 1 is 0.667 bits per heavy atom. The van der Waals surface area contributed by atoms with Gasteiger partial charge in [-0.3, -0.25) is 0 Å². The second-order valence-corrected chi connectivity index (χ2v) is 0. The molecule has 0 rings (SSSR count). The Morgan fingerprint density at radius 2 is 0.667 bits per heavy atom. The first kappa shape index (κ1) is 16.1. The first-order valence-corrected chi connectivity index (χ1v) is 24.3. The fourth-order valence-electron chi connectivity index (χ4n) is 0. The van der Waals surface area contributed by atoms with Crippen molar-refractivity contribution in [1.29, 1.82) is 0 Å². The van der Waals surface area contributed by atoms with Crippen molar-refractivity contribution in [1.82, 2.24) is 0 Å². The molecule has 0 spiro atoms. The molecule has 0 nitrogen and oxygen atoms in total. The van der Waals surface area contributed by atoms with E-state index < -0.39 is 0 Å². The van der Waals surface area contributed by atoms with Gasteiger partial charge in [-0.05, 0) is 0 Å². The molecule has 0 aliphatic rings. The molecule has 0 aromatic rings. The van der Waals surface area contributed by atoms with Crippen LogP contribution in [0.15, 0.2) is 0 Å². The van der Waals surface area contributed by atoms with Crippen LogP contribution in [0.25, 0.3) is 0 Å². The van der Waals surface area contributed by atoms with Gasteiger partial charge in [0.1, 0.15) is 0 Å². The van der Waals surface area contributed by atoms with Crippen LogP contribution in [-0.4, -0.2) is 4.90 Å². The van der Waals surface area contributed by atoms with E-state index in [2.05, 4.69) is 4.90 Å². The Bertz CT molecular complexity index is 8.66. The van der Waals surface area contributed by atoms with E-state index in [4.69, 9.17) is 0 Å². The quantitative estimate of drug-likeness (QED) is 0.297. The predicted octanol–water partition coefficient (Wildman–Crippen LogP) is -0.168. The van der Waals surface area contributed by atoms with Crippen molar-refractivity contribution in [3.8, 4) is 0 Å². The second-order valence-electron chi connectivity index (χ2n) is 0. The van der Waals surface area contributed by atoms with Crippen molar-refractivity contribution in [2.75, 3.05) is 0 Å². The van der Waals surface area contributed by atoms with E-state index in [-0.39, 0.29) is 0 Å². The normalized spacial score (nSPS) is 2.00. The van der Waals surface area contributed by atoms with Gasteiger partial charge in [0.2, 0.25) is 0 Å². The molecular weight excluding hydrogens is 931 g/mol. The Kier molecular flexibility index (Phi) is 109. The van der Waals surface area contributed by atoms with Crippen LogP contribution >= 0.6 is 0 Å². The summed E-state index contributed by atoms with van der Waals surface area (Å²) in [5.41, 5.74) is 0. The van der Waals surface area contributed by atoms with Crippen LogP contribution in [0.3, 0.4) is 0 Å². The van der Waals surface area contributed by atoms with Gasteiger partial charge >= 0.3 is 89.1 Å². The van der Waals surface area contributed by atoms with Gasteiger partial charge in [0.25, 0.3) is 0 Å².